The Bertz CT molecular complexity index is 1360. The summed E-state index contributed by atoms with van der Waals surface area (Å²) >= 11 is 4.13. The molecule has 0 aromatic heterocycles. The zero-order chi connectivity index (χ0) is 26.0. The number of aliphatic imine (C=N–C) groups is 1. The van der Waals surface area contributed by atoms with E-state index in [-0.39, 0.29) is 17.0 Å². The van der Waals surface area contributed by atoms with Crippen LogP contribution in [-0.4, -0.2) is 58.5 Å². The number of thiol groups is 1. The number of nitrogens with two attached hydrogens (primary N) is 1. The Morgan fingerprint density at radius 1 is 1.08 bits per heavy atom. The highest BCUT2D eigenvalue weighted by Crippen LogP contribution is 2.38. The van der Waals surface area contributed by atoms with Crippen LogP contribution in [0.2, 0.25) is 0 Å². The fraction of sp³-hybridized carbons (Fsp3) is 0.185. The van der Waals surface area contributed by atoms with Crippen molar-refractivity contribution in [3.63, 3.8) is 0 Å². The molecule has 184 valence electrons. The van der Waals surface area contributed by atoms with E-state index in [0.29, 0.717) is 22.5 Å². The highest BCUT2D eigenvalue weighted by Gasteiger charge is 2.39. The molecule has 2 unspecified atom stereocenters. The first kappa shape index (κ1) is 25.2. The van der Waals surface area contributed by atoms with E-state index >= 15 is 0 Å². The predicted octanol–water partition coefficient (Wildman–Crippen LogP) is 3.25. The van der Waals surface area contributed by atoms with Gasteiger partial charge in [0.2, 0.25) is 12.1 Å². The van der Waals surface area contributed by atoms with Crippen LogP contribution in [0.1, 0.15) is 27.0 Å². The number of para-hydroxylation sites is 2. The highest BCUT2D eigenvalue weighted by atomic mass is 32.1. The van der Waals surface area contributed by atoms with Crippen molar-refractivity contribution in [1.82, 2.24) is 4.90 Å². The minimum absolute atomic E-state index is 0.0406. The summed E-state index contributed by atoms with van der Waals surface area (Å²) in [6.07, 6.45) is -1.30. The molecule has 8 nitrogen and oxygen atoms in total. The van der Waals surface area contributed by atoms with Crippen LogP contribution in [0, 0.1) is 6.92 Å². The van der Waals surface area contributed by atoms with Gasteiger partial charge in [0, 0.05) is 23.9 Å². The van der Waals surface area contributed by atoms with Gasteiger partial charge in [-0.3, -0.25) is 14.5 Å². The summed E-state index contributed by atoms with van der Waals surface area (Å²) in [6, 6.07) is 20.4. The second-order valence-corrected chi connectivity index (χ2v) is 8.79. The lowest BCUT2D eigenvalue weighted by Gasteiger charge is -2.31. The molecule has 1 aliphatic heterocycles. The van der Waals surface area contributed by atoms with Gasteiger partial charge in [0.05, 0.1) is 28.7 Å². The Morgan fingerprint density at radius 3 is 2.42 bits per heavy atom. The van der Waals surface area contributed by atoms with Gasteiger partial charge in [-0.2, -0.15) is 12.6 Å². The fourth-order valence-corrected chi connectivity index (χ4v) is 4.40. The van der Waals surface area contributed by atoms with Crippen molar-refractivity contribution in [2.45, 2.75) is 19.1 Å². The second-order valence-electron chi connectivity index (χ2n) is 8.42. The number of aryl methyl sites for hydroxylation is 1. The van der Waals surface area contributed by atoms with Gasteiger partial charge in [-0.1, -0.05) is 60.7 Å². The number of likely N-dealkylation sites (N-methyl/N-ethyl adjacent to an activating group) is 1. The molecule has 3 aromatic rings. The fourth-order valence-electron chi connectivity index (χ4n) is 4.25. The average molecular weight is 503 g/mol. The molecule has 0 saturated heterocycles. The summed E-state index contributed by atoms with van der Waals surface area (Å²) in [6.45, 7) is 1.74. The van der Waals surface area contributed by atoms with Crippen molar-refractivity contribution in [2.75, 3.05) is 17.7 Å². The minimum atomic E-state index is -1.30. The number of fused-ring (bicyclic) bond motifs is 1. The lowest BCUT2D eigenvalue weighted by molar-refractivity contribution is -0.137. The molecule has 0 radical (unpaired) electrons. The van der Waals surface area contributed by atoms with E-state index in [0.717, 1.165) is 5.56 Å². The van der Waals surface area contributed by atoms with E-state index < -0.39 is 30.0 Å². The maximum absolute atomic E-state index is 14.2. The predicted molar refractivity (Wildman–Crippen MR) is 142 cm³/mol. The number of carboxylic acids is 1. The summed E-state index contributed by atoms with van der Waals surface area (Å²) in [4.78, 5) is 46.8. The topological polar surface area (TPSA) is 116 Å². The third-order valence-electron chi connectivity index (χ3n) is 6.06. The monoisotopic (exact) mass is 502 g/mol. The van der Waals surface area contributed by atoms with Crippen molar-refractivity contribution >= 4 is 47.5 Å². The van der Waals surface area contributed by atoms with Gasteiger partial charge in [0.25, 0.3) is 5.91 Å². The molecule has 0 saturated carbocycles. The van der Waals surface area contributed by atoms with Gasteiger partial charge in [0.1, 0.15) is 0 Å². The standard InChI is InChI=1S/C27H26N4O4S/c1-16-9-8-13-19(27(34)35)23(16)31-21-14-7-6-12-18(21)22(17-10-4-3-5-11-17)29-24(26(31)33)30(2)25(32)20(28)15-36/h3-14,20,24,36H,15,28H2,1-2H3,(H,34,35). The normalized spacial score (nSPS) is 16.0. The van der Waals surface area contributed by atoms with Crippen molar-refractivity contribution in [3.8, 4) is 0 Å². The first-order valence-corrected chi connectivity index (χ1v) is 11.9. The van der Waals surface area contributed by atoms with E-state index in [4.69, 9.17) is 10.7 Å². The number of nitrogens with zero attached hydrogens (tertiary/aromatic N) is 3. The van der Waals surface area contributed by atoms with Gasteiger partial charge < -0.3 is 15.7 Å². The molecule has 3 aromatic carbocycles. The molecular weight excluding hydrogens is 476 g/mol. The number of benzene rings is 3. The van der Waals surface area contributed by atoms with Crippen LogP contribution in [0.3, 0.4) is 0 Å². The maximum Gasteiger partial charge on any atom is 0.337 e. The first-order chi connectivity index (χ1) is 17.3. The molecule has 4 rings (SSSR count). The summed E-state index contributed by atoms with van der Waals surface area (Å²) in [5.74, 6) is -2.17. The Kier molecular flexibility index (Phi) is 7.23. The summed E-state index contributed by atoms with van der Waals surface area (Å²) in [7, 11) is 1.46. The molecule has 2 atom stereocenters. The molecule has 0 spiro atoms. The molecule has 0 bridgehead atoms. The summed E-state index contributed by atoms with van der Waals surface area (Å²) in [5, 5.41) is 9.97. The number of aromatic carboxylic acids is 1. The smallest absolute Gasteiger partial charge is 0.337 e. The van der Waals surface area contributed by atoms with Gasteiger partial charge in [-0.15, -0.1) is 0 Å². The average Bonchev–Trinajstić information content (AvgIpc) is 3.02. The highest BCUT2D eigenvalue weighted by molar-refractivity contribution is 7.80. The molecule has 0 aliphatic carbocycles. The number of rotatable bonds is 6. The molecule has 2 amide bonds. The van der Waals surface area contributed by atoms with Gasteiger partial charge in [-0.25, -0.2) is 9.79 Å². The molecule has 0 fully saturated rings. The Balaban J connectivity index is 2.03. The SMILES string of the molecule is Cc1cccc(C(=O)O)c1N1C(=O)C(N(C)C(=O)C(N)CS)N=C(c2ccccc2)c2ccccc21. The molecule has 1 aliphatic rings. The maximum atomic E-state index is 14.2. The molecule has 3 N–H and O–H groups in total. The third kappa shape index (κ3) is 4.50. The lowest BCUT2D eigenvalue weighted by atomic mass is 9.99. The van der Waals surface area contributed by atoms with E-state index in [1.807, 2.05) is 42.5 Å². The summed E-state index contributed by atoms with van der Waals surface area (Å²) in [5.41, 5.74) is 9.04. The zero-order valence-electron chi connectivity index (χ0n) is 19.8. The Morgan fingerprint density at radius 2 is 1.75 bits per heavy atom. The second kappa shape index (κ2) is 10.3. The van der Waals surface area contributed by atoms with Crippen LogP contribution in [0.25, 0.3) is 0 Å². The van der Waals surface area contributed by atoms with Crippen LogP contribution < -0.4 is 10.6 Å². The van der Waals surface area contributed by atoms with E-state index in [2.05, 4.69) is 12.6 Å². The van der Waals surface area contributed by atoms with E-state index in [1.54, 1.807) is 31.2 Å². The number of carbonyl (C=O) groups is 3. The van der Waals surface area contributed by atoms with Crippen molar-refractivity contribution < 1.29 is 19.5 Å². The van der Waals surface area contributed by atoms with Crippen LogP contribution >= 0.6 is 12.6 Å². The third-order valence-corrected chi connectivity index (χ3v) is 6.45. The Labute approximate surface area is 214 Å². The van der Waals surface area contributed by atoms with Crippen molar-refractivity contribution in [1.29, 1.82) is 0 Å². The quantitative estimate of drug-likeness (QED) is 0.448. The van der Waals surface area contributed by atoms with Crippen molar-refractivity contribution in [2.24, 2.45) is 10.7 Å². The minimum Gasteiger partial charge on any atom is -0.478 e. The largest absolute Gasteiger partial charge is 0.478 e. The van der Waals surface area contributed by atoms with Crippen LogP contribution in [0.5, 0.6) is 0 Å². The Hall–Kier alpha value is -3.95. The van der Waals surface area contributed by atoms with Crippen molar-refractivity contribution in [3.05, 3.63) is 95.1 Å². The van der Waals surface area contributed by atoms with Gasteiger partial charge in [-0.05, 0) is 24.6 Å². The van der Waals surface area contributed by atoms with Gasteiger partial charge >= 0.3 is 5.97 Å². The van der Waals surface area contributed by atoms with E-state index in [9.17, 15) is 19.5 Å². The van der Waals surface area contributed by atoms with Crippen LogP contribution in [-0.2, 0) is 9.59 Å². The van der Waals surface area contributed by atoms with Crippen LogP contribution in [0.4, 0.5) is 11.4 Å². The number of hydrogen-bond donors (Lipinski definition) is 3. The first-order valence-electron chi connectivity index (χ1n) is 11.3. The van der Waals surface area contributed by atoms with Crippen LogP contribution in [0.15, 0.2) is 77.8 Å². The number of hydrogen-bond acceptors (Lipinski definition) is 6. The zero-order valence-corrected chi connectivity index (χ0v) is 20.7. The molecular formula is C27H26N4O4S. The molecule has 9 heteroatoms. The lowest BCUT2D eigenvalue weighted by Crippen LogP contribution is -2.52. The number of benzodiazepines with no additional fused rings is 1. The van der Waals surface area contributed by atoms with Gasteiger partial charge in [0.15, 0.2) is 0 Å². The number of amides is 2. The number of carbonyl (C=O) groups excluding carboxylic acids is 2. The number of anilines is 2. The molecule has 1 heterocycles. The summed E-state index contributed by atoms with van der Waals surface area (Å²) < 4.78 is 0. The van der Waals surface area contributed by atoms with E-state index in [1.165, 1.54) is 22.9 Å². The number of carboxylic acid groups (broad SMARTS) is 1. The molecule has 36 heavy (non-hydrogen) atoms.